The molecule has 0 aromatic heterocycles. The van der Waals surface area contributed by atoms with E-state index in [2.05, 4.69) is 39.8 Å². The van der Waals surface area contributed by atoms with Gasteiger partial charge in [0.2, 0.25) is 0 Å². The van der Waals surface area contributed by atoms with Gasteiger partial charge in [0.1, 0.15) is 0 Å². The molecule has 1 aliphatic rings. The molecule has 1 aliphatic heterocycles. The summed E-state index contributed by atoms with van der Waals surface area (Å²) in [6, 6.07) is 15.3. The largest absolute Gasteiger partial charge is 0.372 e. The lowest BCUT2D eigenvalue weighted by Gasteiger charge is -2.28. The van der Waals surface area contributed by atoms with Crippen LogP contribution in [0.5, 0.6) is 0 Å². The number of amides is 2. The Hall–Kier alpha value is -2.20. The first-order chi connectivity index (χ1) is 11.7. The summed E-state index contributed by atoms with van der Waals surface area (Å²) in [5.41, 5.74) is 3.03. The SMILES string of the molecule is O=C(NCc1ccc(N2CCCCC2)cc1)Nc1cccc(Cl)c1. The second kappa shape index (κ2) is 8.06. The van der Waals surface area contributed by atoms with E-state index in [0.717, 1.165) is 18.7 Å². The van der Waals surface area contributed by atoms with Gasteiger partial charge in [-0.2, -0.15) is 0 Å². The average molecular weight is 344 g/mol. The molecule has 2 aromatic carbocycles. The first-order valence-corrected chi connectivity index (χ1v) is 8.73. The van der Waals surface area contributed by atoms with Crippen LogP contribution in [-0.4, -0.2) is 19.1 Å². The number of carbonyl (C=O) groups is 1. The molecule has 0 saturated carbocycles. The predicted octanol–water partition coefficient (Wildman–Crippen LogP) is 4.65. The lowest BCUT2D eigenvalue weighted by atomic mass is 10.1. The quantitative estimate of drug-likeness (QED) is 0.848. The highest BCUT2D eigenvalue weighted by Crippen LogP contribution is 2.20. The second-order valence-electron chi connectivity index (χ2n) is 6.03. The molecule has 0 atom stereocenters. The number of anilines is 2. The van der Waals surface area contributed by atoms with Crippen LogP contribution in [0.25, 0.3) is 0 Å². The van der Waals surface area contributed by atoms with Crippen LogP contribution in [0.15, 0.2) is 48.5 Å². The highest BCUT2D eigenvalue weighted by atomic mass is 35.5. The fourth-order valence-electron chi connectivity index (χ4n) is 2.90. The summed E-state index contributed by atoms with van der Waals surface area (Å²) >= 11 is 5.90. The standard InChI is InChI=1S/C19H22ClN3O/c20-16-5-4-6-17(13-16)22-19(24)21-14-15-7-9-18(10-8-15)23-11-2-1-3-12-23/h4-10,13H,1-3,11-12,14H2,(H2,21,22,24). The van der Waals surface area contributed by atoms with Crippen molar-refractivity contribution in [2.75, 3.05) is 23.3 Å². The van der Waals surface area contributed by atoms with Crippen molar-refractivity contribution >= 4 is 29.0 Å². The minimum Gasteiger partial charge on any atom is -0.372 e. The Labute approximate surface area is 147 Å². The minimum atomic E-state index is -0.239. The topological polar surface area (TPSA) is 44.4 Å². The first kappa shape index (κ1) is 16.7. The van der Waals surface area contributed by atoms with Gasteiger partial charge in [0.25, 0.3) is 0 Å². The van der Waals surface area contributed by atoms with E-state index in [1.165, 1.54) is 24.9 Å². The number of hydrogen-bond donors (Lipinski definition) is 2. The van der Waals surface area contributed by atoms with E-state index in [0.29, 0.717) is 17.3 Å². The molecule has 0 unspecified atom stereocenters. The fraction of sp³-hybridized carbons (Fsp3) is 0.316. The Morgan fingerprint density at radius 3 is 2.50 bits per heavy atom. The normalized spacial score (nSPS) is 14.3. The van der Waals surface area contributed by atoms with Crippen LogP contribution in [0.2, 0.25) is 5.02 Å². The van der Waals surface area contributed by atoms with Gasteiger partial charge < -0.3 is 15.5 Å². The Kier molecular flexibility index (Phi) is 5.59. The van der Waals surface area contributed by atoms with Crippen molar-refractivity contribution in [1.82, 2.24) is 5.32 Å². The molecule has 0 aliphatic carbocycles. The molecule has 0 spiro atoms. The van der Waals surface area contributed by atoms with Crippen LogP contribution < -0.4 is 15.5 Å². The highest BCUT2D eigenvalue weighted by molar-refractivity contribution is 6.30. The van der Waals surface area contributed by atoms with Crippen molar-refractivity contribution in [3.8, 4) is 0 Å². The van der Waals surface area contributed by atoms with Gasteiger partial charge in [0.15, 0.2) is 0 Å². The van der Waals surface area contributed by atoms with E-state index in [1.54, 1.807) is 24.3 Å². The Balaban J connectivity index is 1.50. The van der Waals surface area contributed by atoms with Gasteiger partial charge in [-0.1, -0.05) is 29.8 Å². The molecule has 2 amide bonds. The van der Waals surface area contributed by atoms with E-state index >= 15 is 0 Å². The van der Waals surface area contributed by atoms with Crippen molar-refractivity contribution in [3.05, 3.63) is 59.1 Å². The number of urea groups is 1. The van der Waals surface area contributed by atoms with Crippen LogP contribution in [0.1, 0.15) is 24.8 Å². The van der Waals surface area contributed by atoms with Gasteiger partial charge in [-0.05, 0) is 55.2 Å². The number of halogens is 1. The minimum absolute atomic E-state index is 0.239. The van der Waals surface area contributed by atoms with Crippen LogP contribution in [0, 0.1) is 0 Å². The number of rotatable bonds is 4. The molecule has 3 rings (SSSR count). The summed E-state index contributed by atoms with van der Waals surface area (Å²) in [6.45, 7) is 2.77. The summed E-state index contributed by atoms with van der Waals surface area (Å²) in [5.74, 6) is 0. The average Bonchev–Trinajstić information content (AvgIpc) is 2.61. The molecule has 4 nitrogen and oxygen atoms in total. The van der Waals surface area contributed by atoms with E-state index in [1.807, 2.05) is 0 Å². The smallest absolute Gasteiger partial charge is 0.319 e. The molecule has 1 fully saturated rings. The molecular formula is C19H22ClN3O. The van der Waals surface area contributed by atoms with E-state index in [9.17, 15) is 4.79 Å². The number of hydrogen-bond acceptors (Lipinski definition) is 2. The Bertz CT molecular complexity index is 681. The summed E-state index contributed by atoms with van der Waals surface area (Å²) in [5, 5.41) is 6.23. The lowest BCUT2D eigenvalue weighted by molar-refractivity contribution is 0.251. The molecular weight excluding hydrogens is 322 g/mol. The number of nitrogens with one attached hydrogen (secondary N) is 2. The number of nitrogens with zero attached hydrogens (tertiary/aromatic N) is 1. The van der Waals surface area contributed by atoms with E-state index in [4.69, 9.17) is 11.6 Å². The number of benzene rings is 2. The van der Waals surface area contributed by atoms with Crippen molar-refractivity contribution in [1.29, 1.82) is 0 Å². The highest BCUT2D eigenvalue weighted by Gasteiger charge is 2.10. The molecule has 126 valence electrons. The molecule has 24 heavy (non-hydrogen) atoms. The van der Waals surface area contributed by atoms with Gasteiger partial charge in [-0.3, -0.25) is 0 Å². The molecule has 2 aromatic rings. The maximum Gasteiger partial charge on any atom is 0.319 e. The van der Waals surface area contributed by atoms with Crippen LogP contribution in [-0.2, 0) is 6.54 Å². The molecule has 0 bridgehead atoms. The second-order valence-corrected chi connectivity index (χ2v) is 6.47. The van der Waals surface area contributed by atoms with Gasteiger partial charge >= 0.3 is 6.03 Å². The van der Waals surface area contributed by atoms with Crippen molar-refractivity contribution in [3.63, 3.8) is 0 Å². The van der Waals surface area contributed by atoms with Gasteiger partial charge in [-0.15, -0.1) is 0 Å². The molecule has 1 saturated heterocycles. The van der Waals surface area contributed by atoms with Crippen molar-refractivity contribution < 1.29 is 4.79 Å². The van der Waals surface area contributed by atoms with Crippen LogP contribution >= 0.6 is 11.6 Å². The third-order valence-corrected chi connectivity index (χ3v) is 4.43. The third-order valence-electron chi connectivity index (χ3n) is 4.19. The maximum absolute atomic E-state index is 11.9. The fourth-order valence-corrected chi connectivity index (χ4v) is 3.09. The van der Waals surface area contributed by atoms with Gasteiger partial charge in [0.05, 0.1) is 0 Å². The molecule has 5 heteroatoms. The molecule has 2 N–H and O–H groups in total. The van der Waals surface area contributed by atoms with Gasteiger partial charge in [0, 0.05) is 36.0 Å². The monoisotopic (exact) mass is 343 g/mol. The summed E-state index contributed by atoms with van der Waals surface area (Å²) < 4.78 is 0. The zero-order valence-corrected chi connectivity index (χ0v) is 14.4. The van der Waals surface area contributed by atoms with Crippen LogP contribution in [0.3, 0.4) is 0 Å². The van der Waals surface area contributed by atoms with Crippen LogP contribution in [0.4, 0.5) is 16.2 Å². The lowest BCUT2D eigenvalue weighted by Crippen LogP contribution is -2.29. The Morgan fingerprint density at radius 1 is 1.04 bits per heavy atom. The maximum atomic E-state index is 11.9. The molecule has 0 radical (unpaired) electrons. The van der Waals surface area contributed by atoms with E-state index in [-0.39, 0.29) is 6.03 Å². The number of piperidine rings is 1. The third kappa shape index (κ3) is 4.65. The van der Waals surface area contributed by atoms with Gasteiger partial charge in [-0.25, -0.2) is 4.79 Å². The Morgan fingerprint density at radius 2 is 1.79 bits per heavy atom. The summed E-state index contributed by atoms with van der Waals surface area (Å²) in [7, 11) is 0. The van der Waals surface area contributed by atoms with Crippen molar-refractivity contribution in [2.45, 2.75) is 25.8 Å². The van der Waals surface area contributed by atoms with Crippen molar-refractivity contribution in [2.24, 2.45) is 0 Å². The molecule has 1 heterocycles. The summed E-state index contributed by atoms with van der Waals surface area (Å²) in [4.78, 5) is 14.4. The first-order valence-electron chi connectivity index (χ1n) is 8.35. The zero-order chi connectivity index (χ0) is 16.8. The number of carbonyl (C=O) groups excluding carboxylic acids is 1. The van der Waals surface area contributed by atoms with E-state index < -0.39 is 0 Å². The summed E-state index contributed by atoms with van der Waals surface area (Å²) in [6.07, 6.45) is 3.88. The predicted molar refractivity (Wildman–Crippen MR) is 99.8 cm³/mol. The zero-order valence-electron chi connectivity index (χ0n) is 13.6.